The van der Waals surface area contributed by atoms with Gasteiger partial charge in [-0.15, -0.1) is 0 Å². The zero-order chi connectivity index (χ0) is 19.6. The first-order valence-corrected chi connectivity index (χ1v) is 8.59. The van der Waals surface area contributed by atoms with E-state index in [4.69, 9.17) is 0 Å². The largest absolute Gasteiger partial charge is 0.357 e. The number of aryl methyl sites for hydroxylation is 1. The Labute approximate surface area is 155 Å². The van der Waals surface area contributed by atoms with Gasteiger partial charge in [-0.25, -0.2) is 8.78 Å². The molecule has 0 atom stereocenters. The van der Waals surface area contributed by atoms with Gasteiger partial charge in [0.05, 0.1) is 0 Å². The van der Waals surface area contributed by atoms with Crippen LogP contribution in [0.4, 0.5) is 14.6 Å². The number of nitrogens with zero attached hydrogens (tertiary/aromatic N) is 3. The molecule has 1 saturated heterocycles. The molecule has 1 aromatic heterocycles. The van der Waals surface area contributed by atoms with Gasteiger partial charge in [0, 0.05) is 45.0 Å². The average molecular weight is 377 g/mol. The smallest absolute Gasteiger partial charge is 0.253 e. The van der Waals surface area contributed by atoms with Crippen molar-refractivity contribution in [2.75, 3.05) is 25.5 Å². The lowest BCUT2D eigenvalue weighted by Crippen LogP contribution is -2.58. The van der Waals surface area contributed by atoms with E-state index >= 15 is 0 Å². The first kappa shape index (κ1) is 18.8. The Morgan fingerprint density at radius 2 is 1.85 bits per heavy atom. The minimum Gasteiger partial charge on any atom is -0.357 e. The van der Waals surface area contributed by atoms with Gasteiger partial charge in [0.1, 0.15) is 11.4 Å². The van der Waals surface area contributed by atoms with Crippen LogP contribution in [0.3, 0.4) is 0 Å². The quantitative estimate of drug-likeness (QED) is 0.847. The Bertz CT molecular complexity index is 859. The summed E-state index contributed by atoms with van der Waals surface area (Å²) in [5.74, 6) is -2.07. The molecule has 1 fully saturated rings. The van der Waals surface area contributed by atoms with Crippen LogP contribution in [0.25, 0.3) is 0 Å². The highest BCUT2D eigenvalue weighted by atomic mass is 19.2. The number of hydrogen-bond donors (Lipinski definition) is 2. The van der Waals surface area contributed by atoms with Crippen molar-refractivity contribution in [3.63, 3.8) is 0 Å². The summed E-state index contributed by atoms with van der Waals surface area (Å²) >= 11 is 0. The number of benzene rings is 1. The second kappa shape index (κ2) is 7.34. The SMILES string of the molecule is CNC(=O)C1(Nc2ccn(C)n2)CCN(C(=O)c2ccc(F)c(F)c2)CC1. The normalized spacial score (nSPS) is 16.1. The summed E-state index contributed by atoms with van der Waals surface area (Å²) in [6.07, 6.45) is 2.49. The molecule has 144 valence electrons. The van der Waals surface area contributed by atoms with Crippen molar-refractivity contribution < 1.29 is 18.4 Å². The average Bonchev–Trinajstić information content (AvgIpc) is 3.07. The number of rotatable bonds is 4. The molecule has 27 heavy (non-hydrogen) atoms. The highest BCUT2D eigenvalue weighted by molar-refractivity contribution is 5.95. The van der Waals surface area contributed by atoms with E-state index in [9.17, 15) is 18.4 Å². The van der Waals surface area contributed by atoms with Gasteiger partial charge in [-0.2, -0.15) is 5.10 Å². The summed E-state index contributed by atoms with van der Waals surface area (Å²) in [6, 6.07) is 4.85. The predicted octanol–water partition coefficient (Wildman–Crippen LogP) is 1.53. The molecule has 1 aliphatic heterocycles. The zero-order valence-corrected chi connectivity index (χ0v) is 15.1. The van der Waals surface area contributed by atoms with Gasteiger partial charge < -0.3 is 15.5 Å². The van der Waals surface area contributed by atoms with Crippen LogP contribution in [-0.2, 0) is 11.8 Å². The number of hydrogen-bond acceptors (Lipinski definition) is 4. The first-order valence-electron chi connectivity index (χ1n) is 8.59. The third kappa shape index (κ3) is 3.76. The molecule has 0 bridgehead atoms. The summed E-state index contributed by atoms with van der Waals surface area (Å²) in [5.41, 5.74) is -0.812. The van der Waals surface area contributed by atoms with Crippen LogP contribution in [0.5, 0.6) is 0 Å². The fourth-order valence-electron chi connectivity index (χ4n) is 3.28. The molecule has 2 amide bonds. The van der Waals surface area contributed by atoms with Crippen LogP contribution in [0.2, 0.25) is 0 Å². The molecule has 2 aromatic rings. The van der Waals surface area contributed by atoms with Gasteiger partial charge in [0.25, 0.3) is 5.91 Å². The van der Waals surface area contributed by atoms with Crippen molar-refractivity contribution in [2.24, 2.45) is 7.05 Å². The molecule has 0 spiro atoms. The lowest BCUT2D eigenvalue weighted by atomic mass is 9.86. The number of carbonyl (C=O) groups is 2. The molecule has 2 heterocycles. The number of halogens is 2. The van der Waals surface area contributed by atoms with Crippen molar-refractivity contribution in [1.29, 1.82) is 0 Å². The first-order chi connectivity index (χ1) is 12.8. The summed E-state index contributed by atoms with van der Waals surface area (Å²) in [4.78, 5) is 26.6. The van der Waals surface area contributed by atoms with Crippen LogP contribution in [0, 0.1) is 11.6 Å². The van der Waals surface area contributed by atoms with E-state index in [1.165, 1.54) is 11.0 Å². The van der Waals surface area contributed by atoms with Crippen molar-refractivity contribution in [1.82, 2.24) is 20.0 Å². The van der Waals surface area contributed by atoms with E-state index in [2.05, 4.69) is 15.7 Å². The fourth-order valence-corrected chi connectivity index (χ4v) is 3.28. The maximum absolute atomic E-state index is 13.4. The van der Waals surface area contributed by atoms with Crippen LogP contribution < -0.4 is 10.6 Å². The van der Waals surface area contributed by atoms with Gasteiger partial charge in [0.15, 0.2) is 11.6 Å². The number of likely N-dealkylation sites (N-methyl/N-ethyl adjacent to an activating group) is 1. The zero-order valence-electron chi connectivity index (χ0n) is 15.1. The molecule has 0 radical (unpaired) electrons. The van der Waals surface area contributed by atoms with Gasteiger partial charge in [0.2, 0.25) is 5.91 Å². The van der Waals surface area contributed by atoms with Crippen molar-refractivity contribution in [2.45, 2.75) is 18.4 Å². The summed E-state index contributed by atoms with van der Waals surface area (Å²) < 4.78 is 28.1. The van der Waals surface area contributed by atoms with Crippen LogP contribution in [0.15, 0.2) is 30.5 Å². The van der Waals surface area contributed by atoms with Crippen LogP contribution >= 0.6 is 0 Å². The highest BCUT2D eigenvalue weighted by Gasteiger charge is 2.42. The van der Waals surface area contributed by atoms with Crippen LogP contribution in [-0.4, -0.2) is 52.2 Å². The standard InChI is InChI=1S/C18H21F2N5O2/c1-21-17(27)18(22-15-5-8-24(2)23-15)6-9-25(10-7-18)16(26)12-3-4-13(19)14(20)11-12/h3-5,8,11H,6-7,9-10H2,1-2H3,(H,21,27)(H,22,23). The van der Waals surface area contributed by atoms with Crippen molar-refractivity contribution in [3.05, 3.63) is 47.7 Å². The highest BCUT2D eigenvalue weighted by Crippen LogP contribution is 2.28. The molecular weight excluding hydrogens is 356 g/mol. The Morgan fingerprint density at radius 3 is 2.41 bits per heavy atom. The van der Waals surface area contributed by atoms with Gasteiger partial charge >= 0.3 is 0 Å². The third-order valence-corrected chi connectivity index (χ3v) is 4.81. The molecule has 1 aliphatic rings. The minimum atomic E-state index is -1.06. The number of likely N-dealkylation sites (tertiary alicyclic amines) is 1. The number of aromatic nitrogens is 2. The van der Waals surface area contributed by atoms with E-state index < -0.39 is 23.1 Å². The topological polar surface area (TPSA) is 79.3 Å². The van der Waals surface area contributed by atoms with Gasteiger partial charge in [-0.1, -0.05) is 0 Å². The van der Waals surface area contributed by atoms with E-state index in [1.54, 1.807) is 31.0 Å². The summed E-state index contributed by atoms with van der Waals surface area (Å²) in [5, 5.41) is 10.1. The minimum absolute atomic E-state index is 0.0824. The van der Waals surface area contributed by atoms with Crippen molar-refractivity contribution >= 4 is 17.6 Å². The maximum Gasteiger partial charge on any atom is 0.253 e. The Balaban J connectivity index is 1.74. The number of piperidine rings is 1. The molecule has 9 heteroatoms. The molecule has 0 saturated carbocycles. The molecule has 3 rings (SSSR count). The van der Waals surface area contributed by atoms with Gasteiger partial charge in [-0.05, 0) is 31.0 Å². The molecule has 0 unspecified atom stereocenters. The number of anilines is 1. The molecule has 7 nitrogen and oxygen atoms in total. The summed E-state index contributed by atoms with van der Waals surface area (Å²) in [6.45, 7) is 0.593. The van der Waals surface area contributed by atoms with Crippen molar-refractivity contribution in [3.8, 4) is 0 Å². The predicted molar refractivity (Wildman–Crippen MR) is 95.1 cm³/mol. The number of carbonyl (C=O) groups excluding carboxylic acids is 2. The lowest BCUT2D eigenvalue weighted by Gasteiger charge is -2.41. The van der Waals surface area contributed by atoms with E-state index in [1.807, 2.05) is 0 Å². The second-order valence-electron chi connectivity index (χ2n) is 6.58. The molecular formula is C18H21F2N5O2. The van der Waals surface area contributed by atoms with E-state index in [0.29, 0.717) is 31.7 Å². The molecule has 0 aliphatic carbocycles. The molecule has 2 N–H and O–H groups in total. The Morgan fingerprint density at radius 1 is 1.15 bits per heavy atom. The second-order valence-corrected chi connectivity index (χ2v) is 6.58. The fraction of sp³-hybridized carbons (Fsp3) is 0.389. The maximum atomic E-state index is 13.4. The lowest BCUT2D eigenvalue weighted by molar-refractivity contribution is -0.126. The summed E-state index contributed by atoms with van der Waals surface area (Å²) in [7, 11) is 3.34. The monoisotopic (exact) mass is 377 g/mol. The van der Waals surface area contributed by atoms with Crippen LogP contribution in [0.1, 0.15) is 23.2 Å². The van der Waals surface area contributed by atoms with E-state index in [0.717, 1.165) is 12.1 Å². The van der Waals surface area contributed by atoms with E-state index in [-0.39, 0.29) is 11.5 Å². The number of amides is 2. The molecule has 1 aromatic carbocycles. The number of nitrogens with one attached hydrogen (secondary N) is 2. The Hall–Kier alpha value is -2.97. The van der Waals surface area contributed by atoms with Gasteiger partial charge in [-0.3, -0.25) is 14.3 Å². The third-order valence-electron chi connectivity index (χ3n) is 4.81. The Kier molecular flexibility index (Phi) is 5.11.